The average Bonchev–Trinajstić information content (AvgIpc) is 3.06. The highest BCUT2D eigenvalue weighted by atomic mass is 16.4. The molecule has 2 atom stereocenters. The molecule has 1 saturated carbocycles. The summed E-state index contributed by atoms with van der Waals surface area (Å²) in [5.41, 5.74) is 0.923. The number of carboxylic acid groups (broad SMARTS) is 1. The Bertz CT molecular complexity index is 460. The highest BCUT2D eigenvalue weighted by Crippen LogP contribution is 2.31. The highest BCUT2D eigenvalue weighted by molar-refractivity contribution is 5.74. The Balaban J connectivity index is 1.78. The lowest BCUT2D eigenvalue weighted by atomic mass is 9.96. The quantitative estimate of drug-likeness (QED) is 0.750. The maximum atomic E-state index is 11.9. The van der Waals surface area contributed by atoms with E-state index in [4.69, 9.17) is 5.11 Å². The molecule has 0 spiro atoms. The van der Waals surface area contributed by atoms with Crippen molar-refractivity contribution in [1.29, 1.82) is 0 Å². The summed E-state index contributed by atoms with van der Waals surface area (Å²) in [7, 11) is 1.70. The second kappa shape index (κ2) is 6.40. The smallest absolute Gasteiger partial charge is 0.317 e. The molecule has 2 rings (SSSR count). The van der Waals surface area contributed by atoms with Crippen LogP contribution < -0.4 is 5.32 Å². The Morgan fingerprint density at radius 2 is 2.35 bits per heavy atom. The SMILES string of the molecule is CN(Cc1cn[nH]c1)C(=O)NCC1CCCC1C(=O)O. The Morgan fingerprint density at radius 1 is 1.55 bits per heavy atom. The Kier molecular flexibility index (Phi) is 4.60. The standard InChI is InChI=1S/C13H20N4O3/c1-17(8-9-5-15-16-6-9)13(20)14-7-10-3-2-4-11(10)12(18)19/h5-6,10-11H,2-4,7-8H2,1H3,(H,14,20)(H,15,16)(H,18,19). The first-order chi connectivity index (χ1) is 9.58. The van der Waals surface area contributed by atoms with E-state index in [1.54, 1.807) is 24.3 Å². The fourth-order valence-electron chi connectivity index (χ4n) is 2.67. The first-order valence-corrected chi connectivity index (χ1v) is 6.77. The molecule has 20 heavy (non-hydrogen) atoms. The summed E-state index contributed by atoms with van der Waals surface area (Å²) < 4.78 is 0. The minimum absolute atomic E-state index is 0.0405. The molecule has 0 saturated heterocycles. The van der Waals surface area contributed by atoms with Crippen molar-refractivity contribution in [2.24, 2.45) is 11.8 Å². The molecule has 0 aliphatic heterocycles. The van der Waals surface area contributed by atoms with Crippen LogP contribution in [0.25, 0.3) is 0 Å². The van der Waals surface area contributed by atoms with E-state index in [0.717, 1.165) is 18.4 Å². The summed E-state index contributed by atoms with van der Waals surface area (Å²) >= 11 is 0. The van der Waals surface area contributed by atoms with E-state index in [-0.39, 0.29) is 17.9 Å². The van der Waals surface area contributed by atoms with Crippen LogP contribution in [0.3, 0.4) is 0 Å². The van der Waals surface area contributed by atoms with Crippen LogP contribution in [-0.4, -0.2) is 45.8 Å². The molecule has 7 nitrogen and oxygen atoms in total. The van der Waals surface area contributed by atoms with Gasteiger partial charge in [0.2, 0.25) is 0 Å². The molecule has 0 aromatic carbocycles. The second-order valence-corrected chi connectivity index (χ2v) is 5.28. The zero-order valence-electron chi connectivity index (χ0n) is 11.5. The van der Waals surface area contributed by atoms with Gasteiger partial charge < -0.3 is 15.3 Å². The monoisotopic (exact) mass is 280 g/mol. The lowest BCUT2D eigenvalue weighted by Crippen LogP contribution is -2.40. The summed E-state index contributed by atoms with van der Waals surface area (Å²) in [6, 6.07) is -0.192. The van der Waals surface area contributed by atoms with Crippen LogP contribution in [0.1, 0.15) is 24.8 Å². The summed E-state index contributed by atoms with van der Waals surface area (Å²) in [5, 5.41) is 18.4. The van der Waals surface area contributed by atoms with E-state index in [9.17, 15) is 9.59 Å². The van der Waals surface area contributed by atoms with Gasteiger partial charge in [-0.3, -0.25) is 9.89 Å². The largest absolute Gasteiger partial charge is 0.481 e. The van der Waals surface area contributed by atoms with Gasteiger partial charge in [-0.25, -0.2) is 4.79 Å². The fraction of sp³-hybridized carbons (Fsp3) is 0.615. The summed E-state index contributed by atoms with van der Waals surface area (Å²) in [6.45, 7) is 0.890. The number of urea groups is 1. The normalized spacial score (nSPS) is 21.6. The van der Waals surface area contributed by atoms with Crippen molar-refractivity contribution >= 4 is 12.0 Å². The van der Waals surface area contributed by atoms with E-state index in [2.05, 4.69) is 15.5 Å². The third-order valence-corrected chi connectivity index (χ3v) is 3.81. The molecular formula is C13H20N4O3. The molecule has 1 aliphatic rings. The molecule has 0 bridgehead atoms. The predicted molar refractivity (Wildman–Crippen MR) is 71.9 cm³/mol. The number of hydrogen-bond donors (Lipinski definition) is 3. The van der Waals surface area contributed by atoms with E-state index in [0.29, 0.717) is 19.5 Å². The molecule has 1 fully saturated rings. The van der Waals surface area contributed by atoms with Crippen molar-refractivity contribution in [3.63, 3.8) is 0 Å². The number of nitrogens with one attached hydrogen (secondary N) is 2. The van der Waals surface area contributed by atoms with Gasteiger partial charge in [0.05, 0.1) is 18.7 Å². The van der Waals surface area contributed by atoms with Crippen molar-refractivity contribution < 1.29 is 14.7 Å². The van der Waals surface area contributed by atoms with E-state index in [1.807, 2.05) is 0 Å². The van der Waals surface area contributed by atoms with E-state index in [1.165, 1.54) is 0 Å². The zero-order valence-corrected chi connectivity index (χ0v) is 11.5. The molecule has 1 heterocycles. The third-order valence-electron chi connectivity index (χ3n) is 3.81. The van der Waals surface area contributed by atoms with Gasteiger partial charge in [0.25, 0.3) is 0 Å². The first-order valence-electron chi connectivity index (χ1n) is 6.77. The van der Waals surface area contributed by atoms with Crippen LogP contribution >= 0.6 is 0 Å². The van der Waals surface area contributed by atoms with Crippen LogP contribution in [0.2, 0.25) is 0 Å². The number of aromatic nitrogens is 2. The van der Waals surface area contributed by atoms with Gasteiger partial charge in [-0.15, -0.1) is 0 Å². The van der Waals surface area contributed by atoms with Gasteiger partial charge in [-0.05, 0) is 18.8 Å². The predicted octanol–water partition coefficient (Wildman–Crippen LogP) is 1.05. The number of aliphatic carboxylic acids is 1. The molecule has 1 aromatic heterocycles. The minimum atomic E-state index is -0.756. The maximum absolute atomic E-state index is 11.9. The minimum Gasteiger partial charge on any atom is -0.481 e. The molecule has 1 aliphatic carbocycles. The Hall–Kier alpha value is -2.05. The average molecular weight is 280 g/mol. The molecule has 0 radical (unpaired) electrons. The van der Waals surface area contributed by atoms with Crippen LogP contribution in [0.4, 0.5) is 4.79 Å². The van der Waals surface area contributed by atoms with Gasteiger partial charge in [0, 0.05) is 25.4 Å². The van der Waals surface area contributed by atoms with Gasteiger partial charge in [0.1, 0.15) is 0 Å². The molecule has 110 valence electrons. The zero-order chi connectivity index (χ0) is 14.5. The van der Waals surface area contributed by atoms with Gasteiger partial charge in [0.15, 0.2) is 0 Å². The molecule has 2 unspecified atom stereocenters. The molecule has 1 aromatic rings. The van der Waals surface area contributed by atoms with Gasteiger partial charge in [-0.1, -0.05) is 6.42 Å². The first kappa shape index (κ1) is 14.4. The molecular weight excluding hydrogens is 260 g/mol. The van der Waals surface area contributed by atoms with Crippen LogP contribution in [0.5, 0.6) is 0 Å². The fourth-order valence-corrected chi connectivity index (χ4v) is 2.67. The third kappa shape index (κ3) is 3.49. The Labute approximate surface area is 117 Å². The van der Waals surface area contributed by atoms with E-state index >= 15 is 0 Å². The van der Waals surface area contributed by atoms with Gasteiger partial charge in [-0.2, -0.15) is 5.10 Å². The van der Waals surface area contributed by atoms with Crippen molar-refractivity contribution in [3.8, 4) is 0 Å². The number of carboxylic acids is 1. The summed E-state index contributed by atoms with van der Waals surface area (Å²) in [5.74, 6) is -1.04. The van der Waals surface area contributed by atoms with Crippen LogP contribution in [0, 0.1) is 11.8 Å². The lowest BCUT2D eigenvalue weighted by molar-refractivity contribution is -0.142. The second-order valence-electron chi connectivity index (χ2n) is 5.28. The molecule has 3 N–H and O–H groups in total. The number of amides is 2. The van der Waals surface area contributed by atoms with Crippen molar-refractivity contribution in [1.82, 2.24) is 20.4 Å². The Morgan fingerprint density at radius 3 is 3.00 bits per heavy atom. The van der Waals surface area contributed by atoms with Crippen molar-refractivity contribution in [2.75, 3.05) is 13.6 Å². The summed E-state index contributed by atoms with van der Waals surface area (Å²) in [4.78, 5) is 24.6. The number of H-pyrrole nitrogens is 1. The highest BCUT2D eigenvalue weighted by Gasteiger charge is 2.33. The van der Waals surface area contributed by atoms with Gasteiger partial charge >= 0.3 is 12.0 Å². The summed E-state index contributed by atoms with van der Waals surface area (Å²) in [6.07, 6.45) is 5.90. The van der Waals surface area contributed by atoms with Crippen molar-refractivity contribution in [2.45, 2.75) is 25.8 Å². The lowest BCUT2D eigenvalue weighted by Gasteiger charge is -2.20. The molecule has 2 amide bonds. The number of hydrogen-bond acceptors (Lipinski definition) is 3. The number of aromatic amines is 1. The van der Waals surface area contributed by atoms with Crippen LogP contribution in [-0.2, 0) is 11.3 Å². The van der Waals surface area contributed by atoms with Crippen LogP contribution in [0.15, 0.2) is 12.4 Å². The topological polar surface area (TPSA) is 98.3 Å². The number of nitrogens with zero attached hydrogens (tertiary/aromatic N) is 2. The number of rotatable bonds is 5. The van der Waals surface area contributed by atoms with E-state index < -0.39 is 5.97 Å². The van der Waals surface area contributed by atoms with Crippen molar-refractivity contribution in [3.05, 3.63) is 18.0 Å². The number of carbonyl (C=O) groups is 2. The molecule has 7 heteroatoms. The maximum Gasteiger partial charge on any atom is 0.317 e. The number of carbonyl (C=O) groups excluding carboxylic acids is 1.